The fourth-order valence-corrected chi connectivity index (χ4v) is 4.37. The summed E-state index contributed by atoms with van der Waals surface area (Å²) in [6, 6.07) is 18.1. The highest BCUT2D eigenvalue weighted by molar-refractivity contribution is 5.45. The van der Waals surface area contributed by atoms with Gasteiger partial charge in [-0.25, -0.2) is 14.1 Å². The zero-order chi connectivity index (χ0) is 24.0. The Morgan fingerprint density at radius 1 is 0.735 bits per heavy atom. The zero-order valence-electron chi connectivity index (χ0n) is 19.6. The predicted molar refractivity (Wildman–Crippen MR) is 129 cm³/mol. The number of pyridine rings is 1. The molecule has 1 aromatic carbocycles. The highest BCUT2D eigenvalue weighted by Crippen LogP contribution is 2.28. The molecule has 1 N–H and O–H groups in total. The van der Waals surface area contributed by atoms with Gasteiger partial charge < -0.3 is 14.2 Å². The van der Waals surface area contributed by atoms with Crippen LogP contribution in [0.5, 0.6) is 0 Å². The van der Waals surface area contributed by atoms with E-state index in [-0.39, 0.29) is 5.82 Å². The Hall–Kier alpha value is -3.97. The van der Waals surface area contributed by atoms with Crippen molar-refractivity contribution in [3.63, 3.8) is 0 Å². The predicted octanol–water partition coefficient (Wildman–Crippen LogP) is 5.30. The molecule has 0 amide bonds. The number of nitrogens with zero attached hydrogens (tertiary/aromatic N) is 5. The average molecular weight is 456 g/mol. The highest BCUT2D eigenvalue weighted by atomic mass is 19.1. The molecule has 1 unspecified atom stereocenters. The van der Waals surface area contributed by atoms with Crippen molar-refractivity contribution in [3.8, 4) is 17.3 Å². The van der Waals surface area contributed by atoms with E-state index in [9.17, 15) is 9.50 Å². The minimum absolute atomic E-state index is 0.306. The van der Waals surface area contributed by atoms with Crippen LogP contribution in [0.2, 0.25) is 0 Å². The average Bonchev–Trinajstić information content (AvgIpc) is 3.53. The Kier molecular flexibility index (Phi) is 5.42. The van der Waals surface area contributed by atoms with Crippen molar-refractivity contribution in [2.24, 2.45) is 0 Å². The summed E-state index contributed by atoms with van der Waals surface area (Å²) in [6.07, 6.45) is 2.48. The molecule has 1 atom stereocenters. The molecule has 0 aliphatic heterocycles. The lowest BCUT2D eigenvalue weighted by atomic mass is 10.1. The minimum Gasteiger partial charge on any atom is -0.384 e. The summed E-state index contributed by atoms with van der Waals surface area (Å²) >= 11 is 0. The van der Waals surface area contributed by atoms with E-state index in [1.807, 2.05) is 39.8 Å². The second kappa shape index (κ2) is 8.43. The third-order valence-corrected chi connectivity index (χ3v) is 6.15. The number of hydrogen-bond donors (Lipinski definition) is 1. The summed E-state index contributed by atoms with van der Waals surface area (Å²) < 4.78 is 19.1. The first-order valence-electron chi connectivity index (χ1n) is 11.1. The van der Waals surface area contributed by atoms with Crippen LogP contribution in [-0.4, -0.2) is 29.0 Å². The molecule has 34 heavy (non-hydrogen) atoms. The van der Waals surface area contributed by atoms with Crippen molar-refractivity contribution in [3.05, 3.63) is 113 Å². The monoisotopic (exact) mass is 455 g/mol. The largest absolute Gasteiger partial charge is 0.384 e. The van der Waals surface area contributed by atoms with Gasteiger partial charge in [0.2, 0.25) is 0 Å². The van der Waals surface area contributed by atoms with Crippen molar-refractivity contribution in [2.45, 2.75) is 33.8 Å². The lowest BCUT2D eigenvalue weighted by Gasteiger charge is -2.17. The number of aromatic nitrogens is 5. The van der Waals surface area contributed by atoms with Crippen LogP contribution in [0.15, 0.2) is 73.1 Å². The highest BCUT2D eigenvalue weighted by Gasteiger charge is 2.19. The normalized spacial score (nSPS) is 12.3. The lowest BCUT2D eigenvalue weighted by molar-refractivity contribution is 0.220. The van der Waals surface area contributed by atoms with Crippen molar-refractivity contribution >= 4 is 0 Å². The van der Waals surface area contributed by atoms with Crippen LogP contribution in [0.1, 0.15) is 40.0 Å². The zero-order valence-corrected chi connectivity index (χ0v) is 19.6. The molecule has 0 bridgehead atoms. The number of hydrogen-bond acceptors (Lipinski definition) is 3. The van der Waals surface area contributed by atoms with E-state index in [2.05, 4.69) is 38.5 Å². The first-order chi connectivity index (χ1) is 16.3. The van der Waals surface area contributed by atoms with Crippen LogP contribution in [0, 0.1) is 33.5 Å². The van der Waals surface area contributed by atoms with Crippen LogP contribution in [0.4, 0.5) is 4.39 Å². The van der Waals surface area contributed by atoms with Crippen LogP contribution >= 0.6 is 0 Å². The van der Waals surface area contributed by atoms with E-state index in [0.29, 0.717) is 16.8 Å². The number of aliphatic hydroxyl groups is 1. The molecule has 0 spiro atoms. The maximum atomic E-state index is 13.3. The SMILES string of the molecule is Cc1ccc(C)n1-c1cc(C(O)c2cnn(-c3ccc(F)cc3)c2)cc(-n2c(C)ccc2C)n1. The summed E-state index contributed by atoms with van der Waals surface area (Å²) in [5, 5.41) is 15.7. The Labute approximate surface area is 197 Å². The second-order valence-electron chi connectivity index (χ2n) is 8.62. The summed E-state index contributed by atoms with van der Waals surface area (Å²) in [7, 11) is 0. The van der Waals surface area contributed by atoms with Crippen LogP contribution in [0.3, 0.4) is 0 Å². The molecular weight excluding hydrogens is 429 g/mol. The minimum atomic E-state index is -0.915. The van der Waals surface area contributed by atoms with Gasteiger partial charge in [-0.2, -0.15) is 5.10 Å². The third kappa shape index (κ3) is 3.84. The Bertz CT molecular complexity index is 1370. The third-order valence-electron chi connectivity index (χ3n) is 6.15. The number of halogens is 1. The van der Waals surface area contributed by atoms with Gasteiger partial charge in [0.1, 0.15) is 23.6 Å². The molecule has 0 saturated carbocycles. The van der Waals surface area contributed by atoms with Gasteiger partial charge in [0.15, 0.2) is 0 Å². The van der Waals surface area contributed by atoms with Gasteiger partial charge in [0, 0.05) is 34.5 Å². The first-order valence-corrected chi connectivity index (χ1v) is 11.1. The first kappa shape index (κ1) is 21.9. The smallest absolute Gasteiger partial charge is 0.139 e. The summed E-state index contributed by atoms with van der Waals surface area (Å²) in [4.78, 5) is 4.96. The fourth-order valence-electron chi connectivity index (χ4n) is 4.37. The van der Waals surface area contributed by atoms with Crippen LogP contribution < -0.4 is 0 Å². The summed E-state index contributed by atoms with van der Waals surface area (Å²) in [6.45, 7) is 8.15. The van der Waals surface area contributed by atoms with Crippen molar-refractivity contribution in [1.82, 2.24) is 23.9 Å². The van der Waals surface area contributed by atoms with Crippen molar-refractivity contribution < 1.29 is 9.50 Å². The quantitative estimate of drug-likeness (QED) is 0.391. The van der Waals surface area contributed by atoms with E-state index in [4.69, 9.17) is 4.98 Å². The molecule has 0 radical (unpaired) electrons. The molecular formula is C27H26FN5O. The number of rotatable bonds is 5. The topological polar surface area (TPSA) is 60.8 Å². The fraction of sp³-hybridized carbons (Fsp3) is 0.185. The molecule has 6 nitrogen and oxygen atoms in total. The van der Waals surface area contributed by atoms with Gasteiger partial charge in [0.25, 0.3) is 0 Å². The van der Waals surface area contributed by atoms with E-state index < -0.39 is 6.10 Å². The van der Waals surface area contributed by atoms with Crippen molar-refractivity contribution in [1.29, 1.82) is 0 Å². The standard InChI is InChI=1S/C27H26FN5O/c1-17-5-6-18(2)32(17)25-13-21(14-26(30-25)33-19(3)7-8-20(33)4)27(34)22-15-29-31(16-22)24-11-9-23(28)10-12-24/h5-16,27,34H,1-4H3. The van der Waals surface area contributed by atoms with Crippen molar-refractivity contribution in [2.75, 3.05) is 0 Å². The number of aryl methyl sites for hydroxylation is 4. The lowest BCUT2D eigenvalue weighted by Crippen LogP contribution is -2.10. The maximum Gasteiger partial charge on any atom is 0.139 e. The van der Waals surface area contributed by atoms with Gasteiger partial charge in [-0.15, -0.1) is 0 Å². The van der Waals surface area contributed by atoms with E-state index in [0.717, 1.165) is 34.4 Å². The van der Waals surface area contributed by atoms with E-state index in [1.54, 1.807) is 29.2 Å². The molecule has 0 aliphatic rings. The summed E-state index contributed by atoms with van der Waals surface area (Å²) in [5.74, 6) is 1.18. The molecule has 172 valence electrons. The number of benzene rings is 1. The molecule has 0 fully saturated rings. The van der Waals surface area contributed by atoms with Gasteiger partial charge in [0.05, 0.1) is 11.9 Å². The van der Waals surface area contributed by atoms with Crippen LogP contribution in [0.25, 0.3) is 17.3 Å². The number of aliphatic hydroxyl groups excluding tert-OH is 1. The van der Waals surface area contributed by atoms with Crippen LogP contribution in [-0.2, 0) is 0 Å². The Morgan fingerprint density at radius 2 is 1.24 bits per heavy atom. The van der Waals surface area contributed by atoms with Gasteiger partial charge >= 0.3 is 0 Å². The Balaban J connectivity index is 1.61. The molecule has 0 saturated heterocycles. The Morgan fingerprint density at radius 3 is 1.74 bits per heavy atom. The molecule has 5 aromatic rings. The molecule has 4 heterocycles. The second-order valence-corrected chi connectivity index (χ2v) is 8.62. The van der Waals surface area contributed by atoms with Gasteiger partial charge in [-0.05, 0) is 93.9 Å². The molecule has 4 aromatic heterocycles. The molecule has 5 rings (SSSR count). The van der Waals surface area contributed by atoms with Gasteiger partial charge in [-0.1, -0.05) is 0 Å². The van der Waals surface area contributed by atoms with E-state index >= 15 is 0 Å². The molecule has 7 heteroatoms. The maximum absolute atomic E-state index is 13.3. The summed E-state index contributed by atoms with van der Waals surface area (Å²) in [5.41, 5.74) is 6.31. The molecule has 0 aliphatic carbocycles. The van der Waals surface area contributed by atoms with E-state index in [1.165, 1.54) is 12.1 Å². The van der Waals surface area contributed by atoms with Gasteiger partial charge in [-0.3, -0.25) is 0 Å².